The number of nitrogens with zero attached hydrogens (tertiary/aromatic N) is 4. The molecule has 3 aromatic rings. The molecule has 0 aliphatic carbocycles. The van der Waals surface area contributed by atoms with Gasteiger partial charge in [0, 0.05) is 31.1 Å². The van der Waals surface area contributed by atoms with E-state index in [-0.39, 0.29) is 35.4 Å². The lowest BCUT2D eigenvalue weighted by Gasteiger charge is -2.30. The molecule has 1 saturated heterocycles. The van der Waals surface area contributed by atoms with Crippen molar-refractivity contribution in [2.45, 2.75) is 25.2 Å². The lowest BCUT2D eigenvalue weighted by Crippen LogP contribution is -2.36. The summed E-state index contributed by atoms with van der Waals surface area (Å²) in [6, 6.07) is 12.1. The molecule has 1 atom stereocenters. The van der Waals surface area contributed by atoms with Gasteiger partial charge >= 0.3 is 0 Å². The molecule has 1 unspecified atom stereocenters. The molecule has 1 aliphatic heterocycles. The van der Waals surface area contributed by atoms with Crippen LogP contribution in [0.5, 0.6) is 0 Å². The number of amides is 1. The summed E-state index contributed by atoms with van der Waals surface area (Å²) in [5.41, 5.74) is 0.610. The number of aromatic nitrogens is 2. The summed E-state index contributed by atoms with van der Waals surface area (Å²) in [6.07, 6.45) is 1.99. The molecule has 1 fully saturated rings. The Morgan fingerprint density at radius 1 is 1.28 bits per heavy atom. The highest BCUT2D eigenvalue weighted by atomic mass is 19.1. The highest BCUT2D eigenvalue weighted by Crippen LogP contribution is 2.28. The van der Waals surface area contributed by atoms with Crippen LogP contribution in [0.2, 0.25) is 0 Å². The van der Waals surface area contributed by atoms with Crippen LogP contribution in [0.1, 0.15) is 31.1 Å². The van der Waals surface area contributed by atoms with Gasteiger partial charge in [0.1, 0.15) is 11.5 Å². The van der Waals surface area contributed by atoms with Crippen molar-refractivity contribution >= 4 is 17.3 Å². The number of hydrogen-bond donors (Lipinski definition) is 1. The SMILES string of the molecule is O=C(CCN1CCCC(c2nc(-c3cccc(F)c3)no2)C1)Nc1ccccc1[N+](=O)[O-]. The van der Waals surface area contributed by atoms with Crippen molar-refractivity contribution in [2.75, 3.05) is 25.0 Å². The van der Waals surface area contributed by atoms with Gasteiger partial charge in [-0.25, -0.2) is 4.39 Å². The molecule has 166 valence electrons. The summed E-state index contributed by atoms with van der Waals surface area (Å²) >= 11 is 0. The number of benzene rings is 2. The van der Waals surface area contributed by atoms with Crippen molar-refractivity contribution in [1.82, 2.24) is 15.0 Å². The minimum atomic E-state index is -0.521. The highest BCUT2D eigenvalue weighted by molar-refractivity contribution is 5.93. The largest absolute Gasteiger partial charge is 0.339 e. The van der Waals surface area contributed by atoms with E-state index in [0.717, 1.165) is 19.4 Å². The van der Waals surface area contributed by atoms with Gasteiger partial charge in [0.25, 0.3) is 5.69 Å². The molecule has 1 aliphatic rings. The summed E-state index contributed by atoms with van der Waals surface area (Å²) in [6.45, 7) is 2.00. The first kappa shape index (κ1) is 21.6. The first-order valence-electron chi connectivity index (χ1n) is 10.3. The number of nitro groups is 1. The van der Waals surface area contributed by atoms with E-state index in [2.05, 4.69) is 20.4 Å². The molecule has 2 aromatic carbocycles. The average molecular weight is 439 g/mol. The number of nitro benzene ring substituents is 1. The standard InChI is InChI=1S/C22H22FN5O4/c23-17-7-3-5-15(13-17)21-25-22(32-26-21)16-6-4-11-27(14-16)12-10-20(29)24-18-8-1-2-9-19(18)28(30)31/h1-3,5,7-9,13,16H,4,6,10-12,14H2,(H,24,29). The Bertz CT molecular complexity index is 1120. The predicted molar refractivity (Wildman–Crippen MR) is 114 cm³/mol. The van der Waals surface area contributed by atoms with Gasteiger partial charge in [-0.15, -0.1) is 0 Å². The van der Waals surface area contributed by atoms with E-state index in [4.69, 9.17) is 4.52 Å². The Morgan fingerprint density at radius 2 is 2.12 bits per heavy atom. The summed E-state index contributed by atoms with van der Waals surface area (Å²) in [4.78, 5) is 29.5. The molecule has 2 heterocycles. The van der Waals surface area contributed by atoms with Gasteiger partial charge in [0.05, 0.1) is 10.8 Å². The van der Waals surface area contributed by atoms with E-state index in [0.29, 0.717) is 30.4 Å². The van der Waals surface area contributed by atoms with E-state index in [1.54, 1.807) is 24.3 Å². The Hall–Kier alpha value is -3.66. The number of carbonyl (C=O) groups excluding carboxylic acids is 1. The molecule has 0 bridgehead atoms. The first-order valence-corrected chi connectivity index (χ1v) is 10.3. The normalized spacial score (nSPS) is 16.6. The van der Waals surface area contributed by atoms with Gasteiger partial charge in [-0.3, -0.25) is 14.9 Å². The van der Waals surface area contributed by atoms with Crippen LogP contribution in [0.15, 0.2) is 53.1 Å². The molecule has 0 spiro atoms. The zero-order valence-corrected chi connectivity index (χ0v) is 17.2. The van der Waals surface area contributed by atoms with Crippen molar-refractivity contribution in [3.8, 4) is 11.4 Å². The minimum absolute atomic E-state index is 0.0248. The fraction of sp³-hybridized carbons (Fsp3) is 0.318. The summed E-state index contributed by atoms with van der Waals surface area (Å²) in [5, 5.41) is 17.7. The van der Waals surface area contributed by atoms with Crippen molar-refractivity contribution < 1.29 is 18.6 Å². The van der Waals surface area contributed by atoms with Crippen LogP contribution in [0.3, 0.4) is 0 Å². The zero-order valence-electron chi connectivity index (χ0n) is 17.2. The van der Waals surface area contributed by atoms with Gasteiger partial charge < -0.3 is 14.7 Å². The minimum Gasteiger partial charge on any atom is -0.339 e. The Kier molecular flexibility index (Phi) is 6.50. The molecule has 32 heavy (non-hydrogen) atoms. The summed E-state index contributed by atoms with van der Waals surface area (Å²) in [5.74, 6) is 0.222. The number of likely N-dealkylation sites (tertiary alicyclic amines) is 1. The second-order valence-corrected chi connectivity index (χ2v) is 7.68. The van der Waals surface area contributed by atoms with E-state index in [1.807, 2.05) is 0 Å². The van der Waals surface area contributed by atoms with Crippen LogP contribution in [0.25, 0.3) is 11.4 Å². The molecule has 1 N–H and O–H groups in total. The van der Waals surface area contributed by atoms with E-state index in [1.165, 1.54) is 24.3 Å². The number of rotatable bonds is 7. The third-order valence-electron chi connectivity index (χ3n) is 5.41. The third kappa shape index (κ3) is 5.14. The van der Waals surface area contributed by atoms with E-state index in [9.17, 15) is 19.3 Å². The van der Waals surface area contributed by atoms with Crippen LogP contribution in [-0.2, 0) is 4.79 Å². The second-order valence-electron chi connectivity index (χ2n) is 7.68. The zero-order chi connectivity index (χ0) is 22.5. The molecular weight excluding hydrogens is 417 g/mol. The summed E-state index contributed by atoms with van der Waals surface area (Å²) in [7, 11) is 0. The second kappa shape index (κ2) is 9.65. The molecule has 0 radical (unpaired) electrons. The smallest absolute Gasteiger partial charge is 0.292 e. The van der Waals surface area contributed by atoms with Crippen LogP contribution in [0.4, 0.5) is 15.8 Å². The Labute approximate surface area is 183 Å². The van der Waals surface area contributed by atoms with Gasteiger partial charge in [-0.2, -0.15) is 4.98 Å². The molecule has 1 aromatic heterocycles. The Morgan fingerprint density at radius 3 is 2.94 bits per heavy atom. The van der Waals surface area contributed by atoms with Crippen LogP contribution < -0.4 is 5.32 Å². The van der Waals surface area contributed by atoms with Crippen LogP contribution in [-0.4, -0.2) is 45.5 Å². The lowest BCUT2D eigenvalue weighted by atomic mass is 9.98. The van der Waals surface area contributed by atoms with E-state index >= 15 is 0 Å². The summed E-state index contributed by atoms with van der Waals surface area (Å²) < 4.78 is 18.9. The fourth-order valence-corrected chi connectivity index (χ4v) is 3.82. The highest BCUT2D eigenvalue weighted by Gasteiger charge is 2.26. The number of hydrogen-bond acceptors (Lipinski definition) is 7. The van der Waals surface area contributed by atoms with Gasteiger partial charge in [0.15, 0.2) is 0 Å². The average Bonchev–Trinajstić information content (AvgIpc) is 3.29. The molecular formula is C22H22FN5O4. The number of halogens is 1. The number of nitrogens with one attached hydrogen (secondary N) is 1. The van der Waals surface area contributed by atoms with Crippen molar-refractivity contribution in [2.24, 2.45) is 0 Å². The van der Waals surface area contributed by atoms with Gasteiger partial charge in [-0.05, 0) is 37.6 Å². The molecule has 0 saturated carbocycles. The maximum absolute atomic E-state index is 13.5. The van der Waals surface area contributed by atoms with Crippen molar-refractivity contribution in [3.63, 3.8) is 0 Å². The monoisotopic (exact) mass is 439 g/mol. The maximum atomic E-state index is 13.5. The van der Waals surface area contributed by atoms with Gasteiger partial charge in [0.2, 0.25) is 17.6 Å². The number of piperidine rings is 1. The predicted octanol–water partition coefficient (Wildman–Crippen LogP) is 3.99. The first-order chi connectivity index (χ1) is 15.5. The third-order valence-corrected chi connectivity index (χ3v) is 5.41. The number of para-hydroxylation sites is 2. The molecule has 1 amide bonds. The van der Waals surface area contributed by atoms with Crippen molar-refractivity contribution in [3.05, 3.63) is 70.4 Å². The molecule has 9 nitrogen and oxygen atoms in total. The quantitative estimate of drug-likeness (QED) is 0.437. The van der Waals surface area contributed by atoms with Crippen LogP contribution in [0, 0.1) is 15.9 Å². The molecule has 4 rings (SSSR count). The van der Waals surface area contributed by atoms with E-state index < -0.39 is 4.92 Å². The van der Waals surface area contributed by atoms with Crippen LogP contribution >= 0.6 is 0 Å². The topological polar surface area (TPSA) is 114 Å². The van der Waals surface area contributed by atoms with Gasteiger partial charge in [-0.1, -0.05) is 29.4 Å². The maximum Gasteiger partial charge on any atom is 0.292 e. The fourth-order valence-electron chi connectivity index (χ4n) is 3.82. The number of anilines is 1. The number of carbonyl (C=O) groups is 1. The van der Waals surface area contributed by atoms with Crippen molar-refractivity contribution in [1.29, 1.82) is 0 Å². The lowest BCUT2D eigenvalue weighted by molar-refractivity contribution is -0.383. The Balaban J connectivity index is 1.33. The molecule has 10 heteroatoms.